The van der Waals surface area contributed by atoms with E-state index in [-0.39, 0.29) is 29.9 Å². The lowest BCUT2D eigenvalue weighted by molar-refractivity contribution is -0.123. The third-order valence-corrected chi connectivity index (χ3v) is 2.35. The molecule has 1 atom stereocenters. The van der Waals surface area contributed by atoms with Crippen molar-refractivity contribution in [1.82, 2.24) is 16.0 Å². The van der Waals surface area contributed by atoms with Gasteiger partial charge >= 0.3 is 0 Å². The second-order valence-electron chi connectivity index (χ2n) is 5.60. The fraction of sp³-hybridized carbons (Fsp3) is 0.846. The largest absolute Gasteiger partial charge is 0.353 e. The highest BCUT2D eigenvalue weighted by Crippen LogP contribution is 1.98. The van der Waals surface area contributed by atoms with Crippen LogP contribution in [0.4, 0.5) is 0 Å². The maximum absolute atomic E-state index is 11.5. The highest BCUT2D eigenvalue weighted by molar-refractivity contribution is 5.79. The van der Waals surface area contributed by atoms with E-state index in [1.54, 1.807) is 0 Å². The van der Waals surface area contributed by atoms with E-state index >= 15 is 0 Å². The summed E-state index contributed by atoms with van der Waals surface area (Å²) in [6.45, 7) is 10.6. The average molecular weight is 257 g/mol. The summed E-state index contributed by atoms with van der Waals surface area (Å²) in [6, 6.07) is 0.198. The van der Waals surface area contributed by atoms with Crippen LogP contribution in [0, 0.1) is 0 Å². The highest BCUT2D eigenvalue weighted by atomic mass is 16.2. The molecular weight excluding hydrogens is 230 g/mol. The molecule has 0 saturated heterocycles. The van der Waals surface area contributed by atoms with Crippen LogP contribution in [-0.4, -0.2) is 36.5 Å². The predicted octanol–water partition coefficient (Wildman–Crippen LogP) is 0.796. The van der Waals surface area contributed by atoms with Gasteiger partial charge in [0.05, 0.1) is 6.54 Å². The van der Waals surface area contributed by atoms with E-state index in [0.717, 1.165) is 6.42 Å². The van der Waals surface area contributed by atoms with Gasteiger partial charge in [-0.2, -0.15) is 0 Å². The molecule has 0 bridgehead atoms. The lowest BCUT2D eigenvalue weighted by Gasteiger charge is -2.20. The van der Waals surface area contributed by atoms with Crippen molar-refractivity contribution in [3.63, 3.8) is 0 Å². The summed E-state index contributed by atoms with van der Waals surface area (Å²) in [4.78, 5) is 22.9. The van der Waals surface area contributed by atoms with E-state index in [2.05, 4.69) is 16.0 Å². The van der Waals surface area contributed by atoms with E-state index in [4.69, 9.17) is 0 Å². The van der Waals surface area contributed by atoms with Gasteiger partial charge in [0, 0.05) is 24.5 Å². The third-order valence-electron chi connectivity index (χ3n) is 2.35. The monoisotopic (exact) mass is 257 g/mol. The molecule has 5 nitrogen and oxygen atoms in total. The van der Waals surface area contributed by atoms with Gasteiger partial charge in [0.25, 0.3) is 0 Å². The van der Waals surface area contributed by atoms with Gasteiger partial charge in [-0.3, -0.25) is 9.59 Å². The molecule has 0 aliphatic rings. The zero-order valence-electron chi connectivity index (χ0n) is 12.2. The SMILES string of the molecule is CCC(C)NC(=O)CNCCC(=O)NC(C)(C)C. The zero-order chi connectivity index (χ0) is 14.2. The van der Waals surface area contributed by atoms with Crippen LogP contribution in [-0.2, 0) is 9.59 Å². The van der Waals surface area contributed by atoms with Gasteiger partial charge in [-0.15, -0.1) is 0 Å². The minimum absolute atomic E-state index is 0.00247. The Morgan fingerprint density at radius 2 is 1.78 bits per heavy atom. The Morgan fingerprint density at radius 1 is 1.17 bits per heavy atom. The number of hydrogen-bond acceptors (Lipinski definition) is 3. The van der Waals surface area contributed by atoms with E-state index in [9.17, 15) is 9.59 Å². The zero-order valence-corrected chi connectivity index (χ0v) is 12.2. The molecule has 1 unspecified atom stereocenters. The molecule has 0 aromatic heterocycles. The number of nitrogens with one attached hydrogen (secondary N) is 3. The van der Waals surface area contributed by atoms with Crippen molar-refractivity contribution in [3.05, 3.63) is 0 Å². The van der Waals surface area contributed by atoms with E-state index in [1.165, 1.54) is 0 Å². The van der Waals surface area contributed by atoms with Gasteiger partial charge in [-0.05, 0) is 34.1 Å². The molecule has 0 fully saturated rings. The minimum atomic E-state index is -0.203. The van der Waals surface area contributed by atoms with Crippen LogP contribution in [0.25, 0.3) is 0 Å². The lowest BCUT2D eigenvalue weighted by atomic mass is 10.1. The van der Waals surface area contributed by atoms with Gasteiger partial charge in [0.1, 0.15) is 0 Å². The Hall–Kier alpha value is -1.10. The molecule has 0 heterocycles. The summed E-state index contributed by atoms with van der Waals surface area (Å²) in [6.07, 6.45) is 1.30. The van der Waals surface area contributed by atoms with Crippen LogP contribution in [0.15, 0.2) is 0 Å². The summed E-state index contributed by atoms with van der Waals surface area (Å²) in [5.74, 6) is -0.0297. The molecule has 0 aliphatic heterocycles. The average Bonchev–Trinajstić information content (AvgIpc) is 2.21. The summed E-state index contributed by atoms with van der Waals surface area (Å²) in [5, 5.41) is 8.68. The van der Waals surface area contributed by atoms with Crippen LogP contribution < -0.4 is 16.0 Å². The second-order valence-corrected chi connectivity index (χ2v) is 5.60. The van der Waals surface area contributed by atoms with E-state index < -0.39 is 0 Å². The van der Waals surface area contributed by atoms with Crippen LogP contribution >= 0.6 is 0 Å². The molecule has 0 saturated carbocycles. The van der Waals surface area contributed by atoms with Crippen molar-refractivity contribution in [2.45, 2.75) is 59.0 Å². The lowest BCUT2D eigenvalue weighted by Crippen LogP contribution is -2.43. The first-order valence-electron chi connectivity index (χ1n) is 6.55. The molecular formula is C13H27N3O2. The molecule has 0 rings (SSSR count). The summed E-state index contributed by atoms with van der Waals surface area (Å²) < 4.78 is 0. The Balaban J connectivity index is 3.62. The third kappa shape index (κ3) is 10.1. The first-order valence-corrected chi connectivity index (χ1v) is 6.55. The summed E-state index contributed by atoms with van der Waals surface area (Å²) in [7, 11) is 0. The molecule has 106 valence electrons. The topological polar surface area (TPSA) is 70.2 Å². The molecule has 18 heavy (non-hydrogen) atoms. The van der Waals surface area contributed by atoms with Gasteiger partial charge < -0.3 is 16.0 Å². The predicted molar refractivity (Wildman–Crippen MR) is 73.3 cm³/mol. The first kappa shape index (κ1) is 16.9. The van der Waals surface area contributed by atoms with Crippen molar-refractivity contribution >= 4 is 11.8 Å². The van der Waals surface area contributed by atoms with Crippen LogP contribution in [0.2, 0.25) is 0 Å². The van der Waals surface area contributed by atoms with Crippen molar-refractivity contribution in [2.75, 3.05) is 13.1 Å². The normalized spacial score (nSPS) is 12.9. The molecule has 0 aromatic carbocycles. The Labute approximate surface area is 110 Å². The first-order chi connectivity index (χ1) is 8.24. The van der Waals surface area contributed by atoms with Gasteiger partial charge in [0.15, 0.2) is 0 Å². The summed E-state index contributed by atoms with van der Waals surface area (Å²) >= 11 is 0. The minimum Gasteiger partial charge on any atom is -0.353 e. The van der Waals surface area contributed by atoms with Crippen molar-refractivity contribution < 1.29 is 9.59 Å². The maximum atomic E-state index is 11.5. The van der Waals surface area contributed by atoms with Crippen molar-refractivity contribution in [1.29, 1.82) is 0 Å². The second kappa shape index (κ2) is 8.08. The summed E-state index contributed by atoms with van der Waals surface area (Å²) in [5.41, 5.74) is -0.203. The Morgan fingerprint density at radius 3 is 2.28 bits per heavy atom. The van der Waals surface area contributed by atoms with Crippen molar-refractivity contribution in [2.24, 2.45) is 0 Å². The fourth-order valence-electron chi connectivity index (χ4n) is 1.31. The maximum Gasteiger partial charge on any atom is 0.234 e. The number of carbonyl (C=O) groups excluding carboxylic acids is 2. The van der Waals surface area contributed by atoms with Crippen LogP contribution in [0.3, 0.4) is 0 Å². The standard InChI is InChI=1S/C13H27N3O2/c1-6-10(2)15-12(18)9-14-8-7-11(17)16-13(3,4)5/h10,14H,6-9H2,1-5H3,(H,15,18)(H,16,17). The van der Waals surface area contributed by atoms with Crippen LogP contribution in [0.5, 0.6) is 0 Å². The quantitative estimate of drug-likeness (QED) is 0.591. The van der Waals surface area contributed by atoms with Gasteiger partial charge in [0.2, 0.25) is 11.8 Å². The molecule has 0 aliphatic carbocycles. The number of rotatable bonds is 7. The molecule has 5 heteroatoms. The highest BCUT2D eigenvalue weighted by Gasteiger charge is 2.13. The van der Waals surface area contributed by atoms with Gasteiger partial charge in [-0.1, -0.05) is 6.92 Å². The van der Waals surface area contributed by atoms with E-state index in [1.807, 2.05) is 34.6 Å². The smallest absolute Gasteiger partial charge is 0.234 e. The Kier molecular flexibility index (Phi) is 7.59. The molecule has 0 radical (unpaired) electrons. The molecule has 0 aromatic rings. The van der Waals surface area contributed by atoms with Crippen LogP contribution in [0.1, 0.15) is 47.5 Å². The fourth-order valence-corrected chi connectivity index (χ4v) is 1.31. The van der Waals surface area contributed by atoms with Crippen molar-refractivity contribution in [3.8, 4) is 0 Å². The molecule has 2 amide bonds. The Bertz CT molecular complexity index is 272. The molecule has 3 N–H and O–H groups in total. The number of amides is 2. The van der Waals surface area contributed by atoms with E-state index in [0.29, 0.717) is 13.0 Å². The number of hydrogen-bond donors (Lipinski definition) is 3. The van der Waals surface area contributed by atoms with Gasteiger partial charge in [-0.25, -0.2) is 0 Å². The molecule has 0 spiro atoms. The number of carbonyl (C=O) groups is 2.